The van der Waals surface area contributed by atoms with Crippen molar-refractivity contribution in [2.45, 2.75) is 25.1 Å². The number of benzene rings is 3. The fourth-order valence-corrected chi connectivity index (χ4v) is 3.88. The van der Waals surface area contributed by atoms with Crippen LogP contribution in [0.2, 0.25) is 0 Å². The molecule has 1 aromatic heterocycles. The molecule has 0 fully saturated rings. The van der Waals surface area contributed by atoms with Gasteiger partial charge >= 0.3 is 5.97 Å². The molecule has 0 unspecified atom stereocenters. The maximum atomic E-state index is 14.0. The molecule has 32 heavy (non-hydrogen) atoms. The third kappa shape index (κ3) is 4.81. The van der Waals surface area contributed by atoms with E-state index >= 15 is 0 Å². The first-order valence-electron chi connectivity index (χ1n) is 9.97. The second kappa shape index (κ2) is 9.65. The van der Waals surface area contributed by atoms with Crippen LogP contribution in [-0.2, 0) is 17.8 Å². The van der Waals surface area contributed by atoms with E-state index in [4.69, 9.17) is 4.74 Å². The van der Waals surface area contributed by atoms with Gasteiger partial charge in [0.25, 0.3) is 0 Å². The maximum absolute atomic E-state index is 14.0. The zero-order valence-corrected chi connectivity index (χ0v) is 18.0. The summed E-state index contributed by atoms with van der Waals surface area (Å²) in [6.07, 6.45) is 2.21. The number of hydrogen-bond donors (Lipinski definition) is 2. The molecule has 162 valence electrons. The van der Waals surface area contributed by atoms with Crippen LogP contribution in [0.4, 0.5) is 4.39 Å². The Morgan fingerprint density at radius 3 is 2.69 bits per heavy atom. The normalized spacial score (nSPS) is 11.6. The van der Waals surface area contributed by atoms with Crippen molar-refractivity contribution in [1.29, 1.82) is 0 Å². The van der Waals surface area contributed by atoms with Gasteiger partial charge in [-0.15, -0.1) is 5.10 Å². The van der Waals surface area contributed by atoms with E-state index in [9.17, 15) is 14.3 Å². The molecule has 0 saturated carbocycles. The van der Waals surface area contributed by atoms with Crippen molar-refractivity contribution >= 4 is 34.6 Å². The Morgan fingerprint density at radius 2 is 1.94 bits per heavy atom. The number of fused-ring (bicyclic) bond motifs is 1. The SMILES string of the molecule is CCc1nc(S/C(=C\c2c(OCc3ccccc3F)ccc3ccccc23)C(=O)O)n[nH]1. The van der Waals surface area contributed by atoms with Crippen molar-refractivity contribution in [2.75, 3.05) is 0 Å². The Hall–Kier alpha value is -3.65. The smallest absolute Gasteiger partial charge is 0.342 e. The number of rotatable bonds is 8. The van der Waals surface area contributed by atoms with E-state index in [1.54, 1.807) is 30.3 Å². The third-order valence-corrected chi connectivity index (χ3v) is 5.68. The first-order chi connectivity index (χ1) is 15.5. The molecule has 0 radical (unpaired) electrons. The highest BCUT2D eigenvalue weighted by molar-refractivity contribution is 8.04. The molecule has 0 amide bonds. The van der Waals surface area contributed by atoms with Gasteiger partial charge in [0, 0.05) is 17.5 Å². The lowest BCUT2D eigenvalue weighted by molar-refractivity contribution is -0.131. The number of carbonyl (C=O) groups is 1. The number of nitrogens with one attached hydrogen (secondary N) is 1. The van der Waals surface area contributed by atoms with E-state index in [0.29, 0.717) is 34.3 Å². The summed E-state index contributed by atoms with van der Waals surface area (Å²) in [5, 5.41) is 18.8. The minimum atomic E-state index is -1.11. The van der Waals surface area contributed by atoms with Crippen molar-refractivity contribution in [3.63, 3.8) is 0 Å². The lowest BCUT2D eigenvalue weighted by Crippen LogP contribution is -2.01. The van der Waals surface area contributed by atoms with E-state index in [-0.39, 0.29) is 17.3 Å². The lowest BCUT2D eigenvalue weighted by Gasteiger charge is -2.13. The summed E-state index contributed by atoms with van der Waals surface area (Å²) in [6.45, 7) is 1.94. The predicted octanol–water partition coefficient (Wildman–Crippen LogP) is 5.46. The van der Waals surface area contributed by atoms with Crippen LogP contribution in [0.3, 0.4) is 0 Å². The van der Waals surface area contributed by atoms with Gasteiger partial charge in [-0.25, -0.2) is 14.2 Å². The zero-order chi connectivity index (χ0) is 22.5. The molecule has 0 atom stereocenters. The molecule has 4 rings (SSSR count). The van der Waals surface area contributed by atoms with Crippen LogP contribution in [0.1, 0.15) is 23.9 Å². The Bertz CT molecular complexity index is 1300. The molecule has 0 bridgehead atoms. The number of aromatic nitrogens is 3. The molecule has 2 N–H and O–H groups in total. The van der Waals surface area contributed by atoms with Crippen molar-refractivity contribution in [2.24, 2.45) is 0 Å². The Kier molecular flexibility index (Phi) is 6.51. The maximum Gasteiger partial charge on any atom is 0.342 e. The molecule has 0 aliphatic heterocycles. The molecular weight excluding hydrogens is 429 g/mol. The summed E-state index contributed by atoms with van der Waals surface area (Å²) in [4.78, 5) is 16.3. The molecule has 0 aliphatic carbocycles. The van der Waals surface area contributed by atoms with Crippen LogP contribution in [0.25, 0.3) is 16.8 Å². The van der Waals surface area contributed by atoms with Crippen LogP contribution >= 0.6 is 11.8 Å². The minimum absolute atomic E-state index is 0.0161. The summed E-state index contributed by atoms with van der Waals surface area (Å²) in [7, 11) is 0. The molecule has 6 nitrogen and oxygen atoms in total. The molecule has 1 heterocycles. The topological polar surface area (TPSA) is 88.1 Å². The fraction of sp³-hybridized carbons (Fsp3) is 0.125. The average Bonchev–Trinajstić information content (AvgIpc) is 3.26. The van der Waals surface area contributed by atoms with Crippen LogP contribution in [0, 0.1) is 5.82 Å². The number of aromatic amines is 1. The summed E-state index contributed by atoms with van der Waals surface area (Å²) < 4.78 is 20.0. The van der Waals surface area contributed by atoms with Crippen molar-refractivity contribution in [1.82, 2.24) is 15.2 Å². The van der Waals surface area contributed by atoms with Gasteiger partial charge in [-0.3, -0.25) is 5.10 Å². The highest BCUT2D eigenvalue weighted by Gasteiger charge is 2.17. The molecule has 4 aromatic rings. The zero-order valence-electron chi connectivity index (χ0n) is 17.2. The highest BCUT2D eigenvalue weighted by Crippen LogP contribution is 2.34. The van der Waals surface area contributed by atoms with Crippen molar-refractivity contribution in [3.05, 3.63) is 88.3 Å². The summed E-state index contributed by atoms with van der Waals surface area (Å²) >= 11 is 0.955. The summed E-state index contributed by atoms with van der Waals surface area (Å²) in [5.74, 6) is -0.332. The number of nitrogens with zero attached hydrogens (tertiary/aromatic N) is 2. The van der Waals surface area contributed by atoms with E-state index in [2.05, 4.69) is 15.2 Å². The molecule has 0 saturated heterocycles. The number of ether oxygens (including phenoxy) is 1. The number of carboxylic acid groups (broad SMARTS) is 1. The van der Waals surface area contributed by atoms with Gasteiger partial charge in [0.15, 0.2) is 0 Å². The Balaban J connectivity index is 1.74. The van der Waals surface area contributed by atoms with Gasteiger partial charge in [0.2, 0.25) is 5.16 Å². The quantitative estimate of drug-likeness (QED) is 0.274. The highest BCUT2D eigenvalue weighted by atomic mass is 32.2. The molecule has 8 heteroatoms. The third-order valence-electron chi connectivity index (χ3n) is 4.81. The number of hydrogen-bond acceptors (Lipinski definition) is 5. The van der Waals surface area contributed by atoms with Crippen molar-refractivity contribution in [3.8, 4) is 5.75 Å². The monoisotopic (exact) mass is 449 g/mol. The Morgan fingerprint density at radius 1 is 1.16 bits per heavy atom. The lowest BCUT2D eigenvalue weighted by atomic mass is 10.0. The number of halogens is 1. The van der Waals surface area contributed by atoms with Crippen LogP contribution in [-0.4, -0.2) is 26.3 Å². The van der Waals surface area contributed by atoms with Gasteiger partial charge in [0.05, 0.1) is 0 Å². The van der Waals surface area contributed by atoms with E-state index in [1.807, 2.05) is 37.3 Å². The van der Waals surface area contributed by atoms with Gasteiger partial charge in [0.1, 0.15) is 28.9 Å². The first kappa shape index (κ1) is 21.6. The van der Waals surface area contributed by atoms with Crippen molar-refractivity contribution < 1.29 is 19.0 Å². The van der Waals surface area contributed by atoms with Crippen LogP contribution < -0.4 is 4.74 Å². The number of aliphatic carboxylic acids is 1. The summed E-state index contributed by atoms with van der Waals surface area (Å²) in [6, 6.07) is 17.6. The number of carboxylic acids is 1. The first-order valence-corrected chi connectivity index (χ1v) is 10.8. The number of H-pyrrole nitrogens is 1. The molecule has 0 aliphatic rings. The van der Waals surface area contributed by atoms with Gasteiger partial charge in [-0.1, -0.05) is 55.5 Å². The van der Waals surface area contributed by atoms with Gasteiger partial charge < -0.3 is 9.84 Å². The van der Waals surface area contributed by atoms with Crippen LogP contribution in [0.15, 0.2) is 70.7 Å². The van der Waals surface area contributed by atoms with E-state index in [0.717, 1.165) is 22.5 Å². The number of thioether (sulfide) groups is 1. The second-order valence-corrected chi connectivity index (χ2v) is 7.92. The largest absolute Gasteiger partial charge is 0.488 e. The standard InChI is InChI=1S/C24H20FN3O3S/c1-2-22-26-24(28-27-22)32-21(23(29)30)13-18-17-9-5-3-7-15(17)11-12-20(18)31-14-16-8-4-6-10-19(16)25/h3-13H,2,14H2,1H3,(H,29,30)(H,26,27,28)/b21-13-. The fourth-order valence-electron chi connectivity index (χ4n) is 3.17. The minimum Gasteiger partial charge on any atom is -0.488 e. The number of aryl methyl sites for hydroxylation is 1. The van der Waals surface area contributed by atoms with E-state index < -0.39 is 5.97 Å². The van der Waals surface area contributed by atoms with E-state index in [1.165, 1.54) is 6.07 Å². The second-order valence-electron chi connectivity index (χ2n) is 6.91. The molecule has 3 aromatic carbocycles. The molecular formula is C24H20FN3O3S. The Labute approximate surface area is 188 Å². The van der Waals surface area contributed by atoms with Gasteiger partial charge in [-0.2, -0.15) is 0 Å². The van der Waals surface area contributed by atoms with Gasteiger partial charge in [-0.05, 0) is 40.7 Å². The molecule has 0 spiro atoms. The average molecular weight is 450 g/mol. The summed E-state index contributed by atoms with van der Waals surface area (Å²) in [5.41, 5.74) is 1.01. The predicted molar refractivity (Wildman–Crippen MR) is 122 cm³/mol. The van der Waals surface area contributed by atoms with Crippen LogP contribution in [0.5, 0.6) is 5.75 Å².